The predicted octanol–water partition coefficient (Wildman–Crippen LogP) is 3.79. The third-order valence-corrected chi connectivity index (χ3v) is 3.84. The first-order valence-electron chi connectivity index (χ1n) is 8.77. The van der Waals surface area contributed by atoms with Crippen LogP contribution < -0.4 is 9.47 Å². The Bertz CT molecular complexity index is 869. The first-order valence-corrected chi connectivity index (χ1v) is 8.77. The van der Waals surface area contributed by atoms with Gasteiger partial charge in [-0.1, -0.05) is 23.4 Å². The highest BCUT2D eigenvalue weighted by atomic mass is 19.1. The molecule has 0 N–H and O–H groups in total. The molecule has 7 heteroatoms. The molecule has 3 rings (SSSR count). The first-order chi connectivity index (χ1) is 13.2. The number of benzene rings is 2. The normalized spacial score (nSPS) is 11.0. The van der Waals surface area contributed by atoms with Crippen molar-refractivity contribution >= 4 is 0 Å². The van der Waals surface area contributed by atoms with Gasteiger partial charge in [0, 0.05) is 12.6 Å². The second-order valence-corrected chi connectivity index (χ2v) is 5.98. The van der Waals surface area contributed by atoms with E-state index in [2.05, 4.69) is 10.1 Å². The van der Waals surface area contributed by atoms with Crippen molar-refractivity contribution in [3.63, 3.8) is 0 Å². The highest BCUT2D eigenvalue weighted by Gasteiger charge is 2.14. The van der Waals surface area contributed by atoms with E-state index in [1.54, 1.807) is 12.1 Å². The SMILES string of the molecule is CCOc1ccccc1-c1noc(CN(C)CCOc2cccc(F)c2)n1. The first kappa shape index (κ1) is 18.8. The van der Waals surface area contributed by atoms with E-state index in [1.807, 2.05) is 43.1 Å². The number of ether oxygens (including phenoxy) is 2. The summed E-state index contributed by atoms with van der Waals surface area (Å²) in [6, 6.07) is 13.7. The minimum Gasteiger partial charge on any atom is -0.493 e. The van der Waals surface area contributed by atoms with Gasteiger partial charge < -0.3 is 14.0 Å². The van der Waals surface area contributed by atoms with Crippen molar-refractivity contribution in [3.8, 4) is 22.9 Å². The van der Waals surface area contributed by atoms with Crippen molar-refractivity contribution in [2.75, 3.05) is 26.8 Å². The number of nitrogens with zero attached hydrogens (tertiary/aromatic N) is 3. The summed E-state index contributed by atoms with van der Waals surface area (Å²) >= 11 is 0. The van der Waals surface area contributed by atoms with Crippen LogP contribution in [-0.2, 0) is 6.54 Å². The van der Waals surface area contributed by atoms with Crippen LogP contribution in [0.3, 0.4) is 0 Å². The third-order valence-electron chi connectivity index (χ3n) is 3.84. The maximum Gasteiger partial charge on any atom is 0.241 e. The summed E-state index contributed by atoms with van der Waals surface area (Å²) in [5.41, 5.74) is 0.798. The summed E-state index contributed by atoms with van der Waals surface area (Å²) in [6.45, 7) is 4.03. The van der Waals surface area contributed by atoms with E-state index in [-0.39, 0.29) is 5.82 Å². The molecule has 0 aliphatic carbocycles. The van der Waals surface area contributed by atoms with Crippen LogP contribution >= 0.6 is 0 Å². The lowest BCUT2D eigenvalue weighted by Crippen LogP contribution is -2.24. The molecule has 142 valence electrons. The minimum absolute atomic E-state index is 0.313. The summed E-state index contributed by atoms with van der Waals surface area (Å²) in [6.07, 6.45) is 0. The second-order valence-electron chi connectivity index (χ2n) is 5.98. The zero-order valence-electron chi connectivity index (χ0n) is 15.4. The van der Waals surface area contributed by atoms with E-state index in [9.17, 15) is 4.39 Å². The van der Waals surface area contributed by atoms with Gasteiger partial charge in [-0.3, -0.25) is 4.90 Å². The molecule has 0 spiro atoms. The van der Waals surface area contributed by atoms with E-state index in [0.29, 0.717) is 43.8 Å². The van der Waals surface area contributed by atoms with Crippen molar-refractivity contribution in [2.45, 2.75) is 13.5 Å². The molecule has 1 aromatic heterocycles. The topological polar surface area (TPSA) is 60.6 Å². The van der Waals surface area contributed by atoms with Gasteiger partial charge >= 0.3 is 0 Å². The fraction of sp³-hybridized carbons (Fsp3) is 0.300. The Morgan fingerprint density at radius 1 is 1.11 bits per heavy atom. The summed E-state index contributed by atoms with van der Waals surface area (Å²) in [7, 11) is 1.92. The van der Waals surface area contributed by atoms with Crippen LogP contribution in [0, 0.1) is 5.82 Å². The Balaban J connectivity index is 1.54. The monoisotopic (exact) mass is 371 g/mol. The maximum atomic E-state index is 13.1. The van der Waals surface area contributed by atoms with Gasteiger partial charge in [0.15, 0.2) is 0 Å². The van der Waals surface area contributed by atoms with Gasteiger partial charge in [0.2, 0.25) is 11.7 Å². The van der Waals surface area contributed by atoms with E-state index < -0.39 is 0 Å². The average molecular weight is 371 g/mol. The minimum atomic E-state index is -0.313. The summed E-state index contributed by atoms with van der Waals surface area (Å²) < 4.78 is 29.6. The highest BCUT2D eigenvalue weighted by molar-refractivity contribution is 5.63. The van der Waals surface area contributed by atoms with Gasteiger partial charge in [-0.15, -0.1) is 0 Å². The van der Waals surface area contributed by atoms with Gasteiger partial charge in [-0.2, -0.15) is 4.98 Å². The van der Waals surface area contributed by atoms with Crippen LogP contribution in [0.1, 0.15) is 12.8 Å². The Kier molecular flexibility index (Phi) is 6.38. The molecule has 0 saturated heterocycles. The van der Waals surface area contributed by atoms with Crippen LogP contribution in [0.25, 0.3) is 11.4 Å². The van der Waals surface area contributed by atoms with Gasteiger partial charge in [0.25, 0.3) is 0 Å². The molecule has 27 heavy (non-hydrogen) atoms. The van der Waals surface area contributed by atoms with Gasteiger partial charge in [-0.25, -0.2) is 4.39 Å². The van der Waals surface area contributed by atoms with Crippen molar-refractivity contribution in [1.29, 1.82) is 0 Å². The van der Waals surface area contributed by atoms with Crippen LogP contribution in [-0.4, -0.2) is 41.8 Å². The number of likely N-dealkylation sites (N-methyl/N-ethyl adjacent to an activating group) is 1. The molecule has 3 aromatic rings. The van der Waals surface area contributed by atoms with Crippen molar-refractivity contribution in [1.82, 2.24) is 15.0 Å². The molecule has 6 nitrogen and oxygen atoms in total. The molecule has 2 aromatic carbocycles. The summed E-state index contributed by atoms with van der Waals surface area (Å²) in [5.74, 6) is 1.93. The van der Waals surface area contributed by atoms with E-state index >= 15 is 0 Å². The molecule has 1 heterocycles. The average Bonchev–Trinajstić information content (AvgIpc) is 3.11. The summed E-state index contributed by atoms with van der Waals surface area (Å²) in [4.78, 5) is 6.44. The maximum absolute atomic E-state index is 13.1. The second kappa shape index (κ2) is 9.14. The number of hydrogen-bond acceptors (Lipinski definition) is 6. The van der Waals surface area contributed by atoms with Crippen molar-refractivity contribution in [3.05, 3.63) is 60.2 Å². The standard InChI is InChI=1S/C20H22FN3O3/c1-3-25-18-10-5-4-9-17(18)20-22-19(27-23-20)14-24(2)11-12-26-16-8-6-7-15(21)13-16/h4-10,13H,3,11-12,14H2,1-2H3. The highest BCUT2D eigenvalue weighted by Crippen LogP contribution is 2.27. The van der Waals surface area contributed by atoms with Crippen LogP contribution in [0.2, 0.25) is 0 Å². The zero-order chi connectivity index (χ0) is 19.1. The van der Waals surface area contributed by atoms with Gasteiger partial charge in [-0.05, 0) is 38.2 Å². The van der Waals surface area contributed by atoms with E-state index in [4.69, 9.17) is 14.0 Å². The fourth-order valence-corrected chi connectivity index (χ4v) is 2.55. The lowest BCUT2D eigenvalue weighted by Gasteiger charge is -2.14. The quantitative estimate of drug-likeness (QED) is 0.570. The molecule has 0 atom stereocenters. The van der Waals surface area contributed by atoms with Crippen LogP contribution in [0.15, 0.2) is 53.1 Å². The fourth-order valence-electron chi connectivity index (χ4n) is 2.55. The molecule has 0 aliphatic heterocycles. The number of rotatable bonds is 9. The largest absolute Gasteiger partial charge is 0.493 e. The molecule has 0 radical (unpaired) electrons. The summed E-state index contributed by atoms with van der Waals surface area (Å²) in [5, 5.41) is 4.05. The molecule has 0 saturated carbocycles. The van der Waals surface area contributed by atoms with E-state index in [1.165, 1.54) is 12.1 Å². The molecule has 0 unspecified atom stereocenters. The smallest absolute Gasteiger partial charge is 0.241 e. The number of para-hydroxylation sites is 1. The van der Waals surface area contributed by atoms with Crippen LogP contribution in [0.5, 0.6) is 11.5 Å². The zero-order valence-corrected chi connectivity index (χ0v) is 15.4. The molecular weight excluding hydrogens is 349 g/mol. The number of hydrogen-bond donors (Lipinski definition) is 0. The van der Waals surface area contributed by atoms with Crippen molar-refractivity contribution < 1.29 is 18.4 Å². The number of aromatic nitrogens is 2. The molecule has 0 bridgehead atoms. The van der Waals surface area contributed by atoms with Crippen molar-refractivity contribution in [2.24, 2.45) is 0 Å². The van der Waals surface area contributed by atoms with Crippen LogP contribution in [0.4, 0.5) is 4.39 Å². The molecular formula is C20H22FN3O3. The molecule has 0 amide bonds. The van der Waals surface area contributed by atoms with Gasteiger partial charge in [0.05, 0.1) is 18.7 Å². The Morgan fingerprint density at radius 2 is 1.96 bits per heavy atom. The lowest BCUT2D eigenvalue weighted by molar-refractivity contribution is 0.212. The predicted molar refractivity (Wildman–Crippen MR) is 99.1 cm³/mol. The Morgan fingerprint density at radius 3 is 2.78 bits per heavy atom. The van der Waals surface area contributed by atoms with E-state index in [0.717, 1.165) is 11.3 Å². The molecule has 0 aliphatic rings. The number of halogens is 1. The Labute approximate surface area is 157 Å². The van der Waals surface area contributed by atoms with Gasteiger partial charge in [0.1, 0.15) is 23.9 Å². The Hall–Kier alpha value is -2.93. The lowest BCUT2D eigenvalue weighted by atomic mass is 10.2. The third kappa shape index (κ3) is 5.27. The molecule has 0 fully saturated rings.